The highest BCUT2D eigenvalue weighted by molar-refractivity contribution is 5.91. The average Bonchev–Trinajstić information content (AvgIpc) is 2.21. The van der Waals surface area contributed by atoms with E-state index >= 15 is 0 Å². The lowest BCUT2D eigenvalue weighted by molar-refractivity contribution is -0.132. The fourth-order valence-corrected chi connectivity index (χ4v) is 0.851. The van der Waals surface area contributed by atoms with E-state index < -0.39 is 5.97 Å². The first-order chi connectivity index (χ1) is 7.13. The van der Waals surface area contributed by atoms with Crippen LogP contribution in [0.25, 0.3) is 0 Å². The van der Waals surface area contributed by atoms with E-state index in [1.807, 2.05) is 6.92 Å². The topological polar surface area (TPSA) is 86.0 Å². The molecule has 5 nitrogen and oxygen atoms in total. The van der Waals surface area contributed by atoms with E-state index in [0.717, 1.165) is 11.9 Å². The van der Waals surface area contributed by atoms with Crippen LogP contribution in [-0.4, -0.2) is 16.1 Å². The minimum absolute atomic E-state index is 0.351. The van der Waals surface area contributed by atoms with Gasteiger partial charge in [0.25, 0.3) is 0 Å². The van der Waals surface area contributed by atoms with Gasteiger partial charge < -0.3 is 10.4 Å². The number of nitrogens with one attached hydrogen (secondary N) is 1. The molecule has 1 rings (SSSR count). The molecule has 0 unspecified atom stereocenters. The van der Waals surface area contributed by atoms with E-state index in [9.17, 15) is 4.79 Å². The molecule has 2 N–H and O–H groups in total. The van der Waals surface area contributed by atoms with Crippen LogP contribution in [0.3, 0.4) is 0 Å². The summed E-state index contributed by atoms with van der Waals surface area (Å²) in [5, 5.41) is 19.7. The Labute approximate surface area is 86.7 Å². The molecular formula is C10H9N3O2. The quantitative estimate of drug-likeness (QED) is 0.571. The zero-order chi connectivity index (χ0) is 11.3. The normalized spacial score (nSPS) is 10.5. The molecule has 76 valence electrons. The summed E-state index contributed by atoms with van der Waals surface area (Å²) in [7, 11) is 0. The monoisotopic (exact) mass is 203 g/mol. The van der Waals surface area contributed by atoms with Gasteiger partial charge in [0, 0.05) is 11.9 Å². The van der Waals surface area contributed by atoms with Crippen LogP contribution in [-0.2, 0) is 4.79 Å². The highest BCUT2D eigenvalue weighted by Gasteiger charge is 2.04. The molecule has 0 aliphatic rings. The number of carbonyl (C=O) groups is 1. The van der Waals surface area contributed by atoms with Crippen molar-refractivity contribution >= 4 is 11.7 Å². The Bertz CT molecular complexity index is 429. The van der Waals surface area contributed by atoms with Crippen LogP contribution in [0.5, 0.6) is 0 Å². The first-order valence-electron chi connectivity index (χ1n) is 4.16. The first kappa shape index (κ1) is 10.7. The summed E-state index contributed by atoms with van der Waals surface area (Å²) < 4.78 is 0. The molecule has 0 aliphatic carbocycles. The van der Waals surface area contributed by atoms with Crippen molar-refractivity contribution in [2.45, 2.75) is 6.92 Å². The van der Waals surface area contributed by atoms with Crippen molar-refractivity contribution in [1.82, 2.24) is 4.98 Å². The summed E-state index contributed by atoms with van der Waals surface area (Å²) in [5.74, 6) is -1.26. The van der Waals surface area contributed by atoms with E-state index in [1.54, 1.807) is 24.4 Å². The van der Waals surface area contributed by atoms with E-state index in [1.165, 1.54) is 0 Å². The Morgan fingerprint density at radius 2 is 2.40 bits per heavy atom. The minimum Gasteiger partial charge on any atom is -0.477 e. The first-order valence-corrected chi connectivity index (χ1v) is 4.16. The zero-order valence-corrected chi connectivity index (χ0v) is 8.06. The summed E-state index contributed by atoms with van der Waals surface area (Å²) in [6, 6.07) is 5.09. The van der Waals surface area contributed by atoms with Crippen LogP contribution < -0.4 is 5.32 Å². The van der Waals surface area contributed by atoms with E-state index in [4.69, 9.17) is 10.4 Å². The third-order valence-corrected chi connectivity index (χ3v) is 1.65. The Morgan fingerprint density at radius 3 is 2.87 bits per heavy atom. The van der Waals surface area contributed by atoms with Gasteiger partial charge in [-0.15, -0.1) is 0 Å². The van der Waals surface area contributed by atoms with Crippen LogP contribution in [0.2, 0.25) is 0 Å². The lowest BCUT2D eigenvalue weighted by atomic mass is 10.3. The number of nitrogens with zero attached hydrogens (tertiary/aromatic N) is 2. The van der Waals surface area contributed by atoms with Gasteiger partial charge in [-0.3, -0.25) is 4.98 Å². The molecule has 0 spiro atoms. The SMILES string of the molecule is Cc1ccc(NC=C(C#N)C(=O)O)cn1. The molecular weight excluding hydrogens is 194 g/mol. The van der Waals surface area contributed by atoms with Crippen molar-refractivity contribution in [2.24, 2.45) is 0 Å². The summed E-state index contributed by atoms with van der Waals surface area (Å²) >= 11 is 0. The van der Waals surface area contributed by atoms with Gasteiger partial charge in [-0.2, -0.15) is 5.26 Å². The second-order valence-electron chi connectivity index (χ2n) is 2.81. The number of hydrogen-bond donors (Lipinski definition) is 2. The molecule has 0 amide bonds. The maximum absolute atomic E-state index is 10.5. The molecule has 0 bridgehead atoms. The standard InChI is InChI=1S/C10H9N3O2/c1-7-2-3-9(6-12-7)13-5-8(4-11)10(14)15/h2-3,5-6,13H,1H3,(H,14,15). The van der Waals surface area contributed by atoms with Gasteiger partial charge in [0.2, 0.25) is 0 Å². The molecule has 1 aromatic rings. The maximum Gasteiger partial charge on any atom is 0.347 e. The lowest BCUT2D eigenvalue weighted by Crippen LogP contribution is -2.01. The Morgan fingerprint density at radius 1 is 1.67 bits per heavy atom. The molecule has 0 saturated carbocycles. The van der Waals surface area contributed by atoms with E-state index in [0.29, 0.717) is 5.69 Å². The highest BCUT2D eigenvalue weighted by Crippen LogP contribution is 2.06. The number of aromatic nitrogens is 1. The van der Waals surface area contributed by atoms with Gasteiger partial charge in [0.1, 0.15) is 6.07 Å². The van der Waals surface area contributed by atoms with Crippen LogP contribution >= 0.6 is 0 Å². The second-order valence-corrected chi connectivity index (χ2v) is 2.81. The number of anilines is 1. The van der Waals surface area contributed by atoms with Crippen molar-refractivity contribution in [3.05, 3.63) is 35.8 Å². The van der Waals surface area contributed by atoms with Gasteiger partial charge >= 0.3 is 5.97 Å². The van der Waals surface area contributed by atoms with Crippen molar-refractivity contribution in [3.63, 3.8) is 0 Å². The average molecular weight is 203 g/mol. The number of pyridine rings is 1. The third kappa shape index (κ3) is 3.12. The minimum atomic E-state index is -1.26. The molecule has 0 radical (unpaired) electrons. The molecule has 1 aromatic heterocycles. The van der Waals surface area contributed by atoms with Crippen molar-refractivity contribution < 1.29 is 9.90 Å². The Balaban J connectivity index is 2.76. The van der Waals surface area contributed by atoms with Crippen LogP contribution in [0, 0.1) is 18.3 Å². The molecule has 0 saturated heterocycles. The molecule has 15 heavy (non-hydrogen) atoms. The van der Waals surface area contributed by atoms with Crippen LogP contribution in [0.15, 0.2) is 30.1 Å². The smallest absolute Gasteiger partial charge is 0.347 e. The summed E-state index contributed by atoms with van der Waals surface area (Å²) in [4.78, 5) is 14.5. The predicted octanol–water partition coefficient (Wildman–Crippen LogP) is 1.29. The lowest BCUT2D eigenvalue weighted by Gasteiger charge is -2.00. The maximum atomic E-state index is 10.5. The number of nitriles is 1. The number of carboxylic acids is 1. The van der Waals surface area contributed by atoms with Gasteiger partial charge in [-0.05, 0) is 19.1 Å². The number of aliphatic carboxylic acids is 1. The number of rotatable bonds is 3. The van der Waals surface area contributed by atoms with Gasteiger partial charge in [-0.1, -0.05) is 0 Å². The van der Waals surface area contributed by atoms with Crippen molar-refractivity contribution in [2.75, 3.05) is 5.32 Å². The van der Waals surface area contributed by atoms with E-state index in [-0.39, 0.29) is 5.57 Å². The number of carboxylic acid groups (broad SMARTS) is 1. The van der Waals surface area contributed by atoms with Crippen molar-refractivity contribution in [3.8, 4) is 6.07 Å². The molecule has 0 aliphatic heterocycles. The van der Waals surface area contributed by atoms with Crippen LogP contribution in [0.1, 0.15) is 5.69 Å². The van der Waals surface area contributed by atoms with Gasteiger partial charge in [0.15, 0.2) is 5.57 Å². The molecule has 0 aromatic carbocycles. The predicted molar refractivity (Wildman–Crippen MR) is 53.9 cm³/mol. The zero-order valence-electron chi connectivity index (χ0n) is 8.06. The second kappa shape index (κ2) is 4.77. The molecule has 1 heterocycles. The third-order valence-electron chi connectivity index (χ3n) is 1.65. The summed E-state index contributed by atoms with van der Waals surface area (Å²) in [6.07, 6.45) is 2.69. The van der Waals surface area contributed by atoms with E-state index in [2.05, 4.69) is 10.3 Å². The van der Waals surface area contributed by atoms with Crippen LogP contribution in [0.4, 0.5) is 5.69 Å². The summed E-state index contributed by atoms with van der Waals surface area (Å²) in [5.41, 5.74) is 1.15. The van der Waals surface area contributed by atoms with Gasteiger partial charge in [-0.25, -0.2) is 4.79 Å². The molecule has 0 atom stereocenters. The largest absolute Gasteiger partial charge is 0.477 e. The van der Waals surface area contributed by atoms with Gasteiger partial charge in [0.05, 0.1) is 11.9 Å². The number of hydrogen-bond acceptors (Lipinski definition) is 4. The molecule has 0 fully saturated rings. The number of aryl methyl sites for hydroxylation is 1. The fraction of sp³-hybridized carbons (Fsp3) is 0.100. The fourth-order valence-electron chi connectivity index (χ4n) is 0.851. The highest BCUT2D eigenvalue weighted by atomic mass is 16.4. The van der Waals surface area contributed by atoms with Crippen molar-refractivity contribution in [1.29, 1.82) is 5.26 Å². The molecule has 5 heteroatoms. The Hall–Kier alpha value is -2.35. The summed E-state index contributed by atoms with van der Waals surface area (Å²) in [6.45, 7) is 1.84. The Kier molecular flexibility index (Phi) is 3.41.